The largest absolute Gasteiger partial charge is 0.379 e. The normalized spacial score (nSPS) is 32.3. The number of amides is 2. The summed E-state index contributed by atoms with van der Waals surface area (Å²) >= 11 is 0. The molecular formula is C11H19N3O2. The smallest absolute Gasteiger partial charge is 0.317 e. The van der Waals surface area contributed by atoms with Gasteiger partial charge < -0.3 is 20.7 Å². The quantitative estimate of drug-likeness (QED) is 0.690. The standard InChI is InChI=1S/C11H19N3O2/c12-11(8-1-2-8)6-14(7-11)10(15)13-9-3-4-16-5-9/h8-9H,1-7,12H2,(H,13,15). The Morgan fingerprint density at radius 2 is 2.12 bits per heavy atom. The molecule has 1 atom stereocenters. The van der Waals surface area contributed by atoms with Gasteiger partial charge in [-0.05, 0) is 25.2 Å². The van der Waals surface area contributed by atoms with E-state index in [4.69, 9.17) is 10.5 Å². The van der Waals surface area contributed by atoms with E-state index in [1.54, 1.807) is 0 Å². The molecule has 16 heavy (non-hydrogen) atoms. The Balaban J connectivity index is 1.46. The monoisotopic (exact) mass is 225 g/mol. The van der Waals surface area contributed by atoms with E-state index < -0.39 is 0 Å². The van der Waals surface area contributed by atoms with Gasteiger partial charge in [-0.25, -0.2) is 4.79 Å². The highest BCUT2D eigenvalue weighted by Crippen LogP contribution is 2.42. The summed E-state index contributed by atoms with van der Waals surface area (Å²) in [5.74, 6) is 0.659. The molecule has 3 rings (SSSR count). The Kier molecular flexibility index (Phi) is 2.33. The molecule has 2 heterocycles. The average molecular weight is 225 g/mol. The summed E-state index contributed by atoms with van der Waals surface area (Å²) in [6.45, 7) is 2.85. The van der Waals surface area contributed by atoms with Gasteiger partial charge in [0.2, 0.25) is 0 Å². The number of nitrogens with zero attached hydrogens (tertiary/aromatic N) is 1. The van der Waals surface area contributed by atoms with E-state index >= 15 is 0 Å². The van der Waals surface area contributed by atoms with E-state index in [1.807, 2.05) is 4.90 Å². The summed E-state index contributed by atoms with van der Waals surface area (Å²) in [7, 11) is 0. The summed E-state index contributed by atoms with van der Waals surface area (Å²) in [4.78, 5) is 13.6. The van der Waals surface area contributed by atoms with Crippen LogP contribution >= 0.6 is 0 Å². The molecule has 5 nitrogen and oxygen atoms in total. The zero-order valence-corrected chi connectivity index (χ0v) is 9.45. The van der Waals surface area contributed by atoms with E-state index in [0.29, 0.717) is 12.5 Å². The van der Waals surface area contributed by atoms with E-state index in [1.165, 1.54) is 12.8 Å². The first-order valence-electron chi connectivity index (χ1n) is 6.09. The summed E-state index contributed by atoms with van der Waals surface area (Å²) in [5, 5.41) is 2.98. The van der Waals surface area contributed by atoms with Crippen LogP contribution in [0.15, 0.2) is 0 Å². The van der Waals surface area contributed by atoms with Crippen molar-refractivity contribution in [2.24, 2.45) is 11.7 Å². The third-order valence-electron chi connectivity index (χ3n) is 3.91. The first-order chi connectivity index (χ1) is 7.67. The fourth-order valence-electron chi connectivity index (χ4n) is 2.64. The number of carbonyl (C=O) groups excluding carboxylic acids is 1. The maximum atomic E-state index is 11.8. The van der Waals surface area contributed by atoms with Crippen LogP contribution in [0.1, 0.15) is 19.3 Å². The molecule has 1 saturated carbocycles. The number of carbonyl (C=O) groups is 1. The molecule has 0 aromatic carbocycles. The minimum atomic E-state index is -0.0798. The number of urea groups is 1. The van der Waals surface area contributed by atoms with Crippen molar-refractivity contribution >= 4 is 6.03 Å². The van der Waals surface area contributed by atoms with Crippen molar-refractivity contribution in [3.63, 3.8) is 0 Å². The molecule has 0 bridgehead atoms. The lowest BCUT2D eigenvalue weighted by molar-refractivity contribution is 0.0795. The van der Waals surface area contributed by atoms with E-state index in [0.717, 1.165) is 26.1 Å². The predicted molar refractivity (Wildman–Crippen MR) is 59.0 cm³/mol. The van der Waals surface area contributed by atoms with Crippen LogP contribution in [0.3, 0.4) is 0 Å². The third-order valence-corrected chi connectivity index (χ3v) is 3.91. The molecule has 0 aromatic heterocycles. The number of likely N-dealkylation sites (tertiary alicyclic amines) is 1. The molecule has 2 aliphatic heterocycles. The molecular weight excluding hydrogens is 206 g/mol. The molecule has 0 spiro atoms. The van der Waals surface area contributed by atoms with Gasteiger partial charge in [0.25, 0.3) is 0 Å². The van der Waals surface area contributed by atoms with Gasteiger partial charge in [0.05, 0.1) is 18.2 Å². The van der Waals surface area contributed by atoms with Crippen molar-refractivity contribution in [2.75, 3.05) is 26.3 Å². The second-order valence-corrected chi connectivity index (χ2v) is 5.37. The number of hydrogen-bond donors (Lipinski definition) is 2. The van der Waals surface area contributed by atoms with Crippen molar-refractivity contribution < 1.29 is 9.53 Å². The zero-order valence-electron chi connectivity index (χ0n) is 9.45. The lowest BCUT2D eigenvalue weighted by atomic mass is 9.86. The molecule has 2 saturated heterocycles. The van der Waals surface area contributed by atoms with E-state index in [-0.39, 0.29) is 17.6 Å². The van der Waals surface area contributed by atoms with E-state index in [9.17, 15) is 4.79 Å². The lowest BCUT2D eigenvalue weighted by Crippen LogP contribution is -2.71. The van der Waals surface area contributed by atoms with Crippen LogP contribution in [-0.4, -0.2) is 48.8 Å². The summed E-state index contributed by atoms with van der Waals surface area (Å²) < 4.78 is 5.22. The number of ether oxygens (including phenoxy) is 1. The Bertz CT molecular complexity index is 292. The third kappa shape index (κ3) is 1.78. The summed E-state index contributed by atoms with van der Waals surface area (Å²) in [5.41, 5.74) is 6.12. The summed E-state index contributed by atoms with van der Waals surface area (Å²) in [6.07, 6.45) is 3.40. The van der Waals surface area contributed by atoms with Gasteiger partial charge in [0.15, 0.2) is 0 Å². The lowest BCUT2D eigenvalue weighted by Gasteiger charge is -2.48. The second-order valence-electron chi connectivity index (χ2n) is 5.37. The number of hydrogen-bond acceptors (Lipinski definition) is 3. The first-order valence-corrected chi connectivity index (χ1v) is 6.09. The number of nitrogens with two attached hydrogens (primary N) is 1. The van der Waals surface area contributed by atoms with Crippen LogP contribution in [0.25, 0.3) is 0 Å². The Hall–Kier alpha value is -0.810. The molecule has 1 aliphatic carbocycles. The molecule has 90 valence electrons. The highest BCUT2D eigenvalue weighted by Gasteiger charge is 2.51. The van der Waals surface area contributed by atoms with Crippen LogP contribution in [0.4, 0.5) is 4.79 Å². The number of rotatable bonds is 2. The first kappa shape index (κ1) is 10.4. The van der Waals surface area contributed by atoms with Gasteiger partial charge in [-0.15, -0.1) is 0 Å². The highest BCUT2D eigenvalue weighted by atomic mass is 16.5. The summed E-state index contributed by atoms with van der Waals surface area (Å²) in [6, 6.07) is 0.221. The fourth-order valence-corrected chi connectivity index (χ4v) is 2.64. The van der Waals surface area contributed by atoms with Gasteiger partial charge in [0, 0.05) is 19.7 Å². The minimum absolute atomic E-state index is 0.0252. The second kappa shape index (κ2) is 3.60. The molecule has 0 aromatic rings. The van der Waals surface area contributed by atoms with Gasteiger partial charge in [0.1, 0.15) is 0 Å². The van der Waals surface area contributed by atoms with Crippen LogP contribution in [0.5, 0.6) is 0 Å². The van der Waals surface area contributed by atoms with Crippen molar-refractivity contribution in [2.45, 2.75) is 30.8 Å². The van der Waals surface area contributed by atoms with Crippen molar-refractivity contribution in [3.05, 3.63) is 0 Å². The average Bonchev–Trinajstić information content (AvgIpc) is 2.94. The van der Waals surface area contributed by atoms with Crippen molar-refractivity contribution in [3.8, 4) is 0 Å². The van der Waals surface area contributed by atoms with Crippen molar-refractivity contribution in [1.82, 2.24) is 10.2 Å². The molecule has 0 radical (unpaired) electrons. The Labute approximate surface area is 95.3 Å². The number of nitrogens with one attached hydrogen (secondary N) is 1. The van der Waals surface area contributed by atoms with Gasteiger partial charge in [-0.2, -0.15) is 0 Å². The molecule has 2 amide bonds. The Morgan fingerprint density at radius 1 is 1.38 bits per heavy atom. The predicted octanol–water partition coefficient (Wildman–Crippen LogP) is -0.0920. The molecule has 3 N–H and O–H groups in total. The van der Waals surface area contributed by atoms with Gasteiger partial charge in [-0.1, -0.05) is 0 Å². The maximum absolute atomic E-state index is 11.8. The van der Waals surface area contributed by atoms with Crippen LogP contribution < -0.4 is 11.1 Å². The SMILES string of the molecule is NC1(C2CC2)CN(C(=O)NC2CCOC2)C1. The topological polar surface area (TPSA) is 67.6 Å². The fraction of sp³-hybridized carbons (Fsp3) is 0.909. The van der Waals surface area contributed by atoms with Crippen LogP contribution in [0, 0.1) is 5.92 Å². The molecule has 3 aliphatic rings. The van der Waals surface area contributed by atoms with Crippen LogP contribution in [-0.2, 0) is 4.74 Å². The van der Waals surface area contributed by atoms with Gasteiger partial charge >= 0.3 is 6.03 Å². The zero-order chi connectivity index (χ0) is 11.2. The molecule has 3 fully saturated rings. The Morgan fingerprint density at radius 3 is 2.69 bits per heavy atom. The van der Waals surface area contributed by atoms with Gasteiger partial charge in [-0.3, -0.25) is 0 Å². The molecule has 1 unspecified atom stereocenters. The highest BCUT2D eigenvalue weighted by molar-refractivity contribution is 5.76. The maximum Gasteiger partial charge on any atom is 0.317 e. The van der Waals surface area contributed by atoms with Crippen LogP contribution in [0.2, 0.25) is 0 Å². The minimum Gasteiger partial charge on any atom is -0.379 e. The van der Waals surface area contributed by atoms with E-state index in [2.05, 4.69) is 5.32 Å². The molecule has 5 heteroatoms. The van der Waals surface area contributed by atoms with Crippen molar-refractivity contribution in [1.29, 1.82) is 0 Å².